The highest BCUT2D eigenvalue weighted by Gasteiger charge is 2.22. The van der Waals surface area contributed by atoms with Crippen LogP contribution in [-0.2, 0) is 0 Å². The topological polar surface area (TPSA) is 66.0 Å². The van der Waals surface area contributed by atoms with Gasteiger partial charge in [-0.3, -0.25) is 10.4 Å². The molecule has 1 aliphatic rings. The zero-order chi connectivity index (χ0) is 14.0. The predicted molar refractivity (Wildman–Crippen MR) is 80.0 cm³/mol. The summed E-state index contributed by atoms with van der Waals surface area (Å²) in [6.45, 7) is 3.93. The number of hydrogen-bond donors (Lipinski definition) is 2. The smallest absolute Gasteiger partial charge is 0.126 e. The molecule has 1 aromatic heterocycles. The minimum atomic E-state index is 0.114. The Labute approximate surface area is 115 Å². The highest BCUT2D eigenvalue weighted by molar-refractivity contribution is 6.01. The Hall–Kier alpha value is -1.58. The summed E-state index contributed by atoms with van der Waals surface area (Å²) >= 11 is 0. The first-order valence-corrected chi connectivity index (χ1v) is 7.06. The molecule has 1 saturated carbocycles. The van der Waals surface area contributed by atoms with E-state index in [1.54, 1.807) is 0 Å². The van der Waals surface area contributed by atoms with Crippen molar-refractivity contribution in [1.82, 2.24) is 4.98 Å². The van der Waals surface area contributed by atoms with Gasteiger partial charge in [0.15, 0.2) is 0 Å². The number of pyridine rings is 1. The van der Waals surface area contributed by atoms with E-state index >= 15 is 0 Å². The van der Waals surface area contributed by atoms with Crippen molar-refractivity contribution in [3.05, 3.63) is 23.0 Å². The van der Waals surface area contributed by atoms with Crippen LogP contribution >= 0.6 is 0 Å². The zero-order valence-electron chi connectivity index (χ0n) is 12.2. The van der Waals surface area contributed by atoms with Crippen LogP contribution in [0.4, 0.5) is 5.69 Å². The summed E-state index contributed by atoms with van der Waals surface area (Å²) in [6, 6.07) is 2.62. The van der Waals surface area contributed by atoms with Gasteiger partial charge in [-0.1, -0.05) is 19.3 Å². The summed E-state index contributed by atoms with van der Waals surface area (Å²) in [4.78, 5) is 6.74. The quantitative estimate of drug-likeness (QED) is 0.648. The van der Waals surface area contributed by atoms with Crippen LogP contribution < -0.4 is 10.6 Å². The molecular weight excluding hydrogens is 236 g/mol. The minimum Gasteiger partial charge on any atom is -0.384 e. The maximum absolute atomic E-state index is 7.81. The molecular formula is C15H24N4. The van der Waals surface area contributed by atoms with Crippen LogP contribution in [0.2, 0.25) is 0 Å². The lowest BCUT2D eigenvalue weighted by Crippen LogP contribution is -2.35. The van der Waals surface area contributed by atoms with Gasteiger partial charge in [0.2, 0.25) is 0 Å². The number of nitrogens with two attached hydrogens (primary N) is 1. The maximum atomic E-state index is 7.81. The van der Waals surface area contributed by atoms with E-state index in [0.717, 1.165) is 22.6 Å². The van der Waals surface area contributed by atoms with Crippen molar-refractivity contribution >= 4 is 11.5 Å². The summed E-state index contributed by atoms with van der Waals surface area (Å²) in [5, 5.41) is 7.81. The van der Waals surface area contributed by atoms with Crippen molar-refractivity contribution in [3.8, 4) is 0 Å². The number of amidine groups is 1. The first kappa shape index (κ1) is 13.8. The lowest BCUT2D eigenvalue weighted by molar-refractivity contribution is 0.427. The molecule has 1 heterocycles. The van der Waals surface area contributed by atoms with E-state index in [2.05, 4.69) is 23.0 Å². The molecule has 3 N–H and O–H groups in total. The molecule has 4 nitrogen and oxygen atoms in total. The number of nitrogen functional groups attached to an aromatic ring is 1. The Morgan fingerprint density at radius 1 is 1.32 bits per heavy atom. The van der Waals surface area contributed by atoms with E-state index in [1.807, 2.05) is 13.8 Å². The molecule has 1 fully saturated rings. The molecule has 104 valence electrons. The normalized spacial score (nSPS) is 16.4. The number of aryl methyl sites for hydroxylation is 2. The van der Waals surface area contributed by atoms with Crippen LogP contribution in [0.1, 0.15) is 49.1 Å². The molecule has 0 spiro atoms. The fourth-order valence-corrected chi connectivity index (χ4v) is 3.08. The number of nitrogens with zero attached hydrogens (tertiary/aromatic N) is 2. The summed E-state index contributed by atoms with van der Waals surface area (Å²) in [5.41, 5.74) is 9.44. The maximum Gasteiger partial charge on any atom is 0.126 e. The third-order valence-corrected chi connectivity index (χ3v) is 4.08. The average Bonchev–Trinajstić information content (AvgIpc) is 2.37. The fourth-order valence-electron chi connectivity index (χ4n) is 3.08. The molecule has 0 unspecified atom stereocenters. The first-order valence-electron chi connectivity index (χ1n) is 7.06. The third-order valence-electron chi connectivity index (χ3n) is 4.08. The van der Waals surface area contributed by atoms with E-state index < -0.39 is 0 Å². The Kier molecular flexibility index (Phi) is 4.08. The van der Waals surface area contributed by atoms with Gasteiger partial charge in [-0.2, -0.15) is 0 Å². The van der Waals surface area contributed by atoms with Gasteiger partial charge < -0.3 is 10.6 Å². The molecule has 0 aliphatic heterocycles. The van der Waals surface area contributed by atoms with Crippen LogP contribution in [0.25, 0.3) is 0 Å². The van der Waals surface area contributed by atoms with Crippen LogP contribution in [-0.4, -0.2) is 23.9 Å². The van der Waals surface area contributed by atoms with Crippen LogP contribution in [0, 0.1) is 19.3 Å². The summed E-state index contributed by atoms with van der Waals surface area (Å²) in [6.07, 6.45) is 6.40. The van der Waals surface area contributed by atoms with Gasteiger partial charge in [-0.15, -0.1) is 0 Å². The fraction of sp³-hybridized carbons (Fsp3) is 0.600. The second-order valence-electron chi connectivity index (χ2n) is 5.56. The van der Waals surface area contributed by atoms with Crippen molar-refractivity contribution in [2.45, 2.75) is 52.0 Å². The molecule has 4 heteroatoms. The molecule has 0 aromatic carbocycles. The zero-order valence-corrected chi connectivity index (χ0v) is 12.2. The van der Waals surface area contributed by atoms with Gasteiger partial charge in [-0.25, -0.2) is 0 Å². The number of aromatic nitrogens is 1. The van der Waals surface area contributed by atoms with Crippen molar-refractivity contribution < 1.29 is 0 Å². The summed E-state index contributed by atoms with van der Waals surface area (Å²) < 4.78 is 0. The molecule has 0 bridgehead atoms. The molecule has 1 aliphatic carbocycles. The lowest BCUT2D eigenvalue weighted by atomic mass is 9.93. The van der Waals surface area contributed by atoms with Crippen molar-refractivity contribution in [3.63, 3.8) is 0 Å². The van der Waals surface area contributed by atoms with Gasteiger partial charge in [-0.05, 0) is 32.8 Å². The Morgan fingerprint density at radius 2 is 1.95 bits per heavy atom. The van der Waals surface area contributed by atoms with Crippen molar-refractivity contribution in [2.24, 2.45) is 5.73 Å². The number of hydrogen-bond acceptors (Lipinski definition) is 3. The van der Waals surface area contributed by atoms with Gasteiger partial charge >= 0.3 is 0 Å². The van der Waals surface area contributed by atoms with E-state index in [1.165, 1.54) is 32.1 Å². The molecule has 1 aromatic rings. The highest BCUT2D eigenvalue weighted by atomic mass is 15.1. The molecule has 0 radical (unpaired) electrons. The van der Waals surface area contributed by atoms with Crippen LogP contribution in [0.3, 0.4) is 0 Å². The number of anilines is 1. The highest BCUT2D eigenvalue weighted by Crippen LogP contribution is 2.29. The monoisotopic (exact) mass is 260 g/mol. The first-order chi connectivity index (χ1) is 9.00. The van der Waals surface area contributed by atoms with E-state index in [0.29, 0.717) is 6.04 Å². The molecule has 0 amide bonds. The van der Waals surface area contributed by atoms with Crippen LogP contribution in [0.15, 0.2) is 6.07 Å². The second kappa shape index (κ2) is 5.59. The molecule has 0 saturated heterocycles. The van der Waals surface area contributed by atoms with Gasteiger partial charge in [0.1, 0.15) is 5.84 Å². The summed E-state index contributed by atoms with van der Waals surface area (Å²) in [7, 11) is 2.12. The molecule has 19 heavy (non-hydrogen) atoms. The second-order valence-corrected chi connectivity index (χ2v) is 5.56. The summed E-state index contributed by atoms with van der Waals surface area (Å²) in [5.74, 6) is 0.114. The predicted octanol–water partition coefficient (Wildman–Crippen LogP) is 2.75. The standard InChI is InChI=1S/C15H24N4/c1-10-9-13(14(15(16)17)11(2)18-10)19(3)12-7-5-4-6-8-12/h9,12H,4-8H2,1-3H3,(H3,16,17). The van der Waals surface area contributed by atoms with Gasteiger partial charge in [0.25, 0.3) is 0 Å². The van der Waals surface area contributed by atoms with Crippen molar-refractivity contribution in [2.75, 3.05) is 11.9 Å². The SMILES string of the molecule is Cc1cc(N(C)C2CCCCC2)c(C(=N)N)c(C)n1. The number of rotatable bonds is 3. The third kappa shape index (κ3) is 2.88. The Morgan fingerprint density at radius 3 is 2.53 bits per heavy atom. The van der Waals surface area contributed by atoms with Crippen LogP contribution in [0.5, 0.6) is 0 Å². The van der Waals surface area contributed by atoms with E-state index in [-0.39, 0.29) is 5.84 Å². The van der Waals surface area contributed by atoms with Crippen molar-refractivity contribution in [1.29, 1.82) is 5.41 Å². The van der Waals surface area contributed by atoms with Gasteiger partial charge in [0, 0.05) is 18.8 Å². The Bertz CT molecular complexity index is 475. The molecule has 0 atom stereocenters. The van der Waals surface area contributed by atoms with E-state index in [9.17, 15) is 0 Å². The molecule has 2 rings (SSSR count). The largest absolute Gasteiger partial charge is 0.384 e. The van der Waals surface area contributed by atoms with E-state index in [4.69, 9.17) is 11.1 Å². The van der Waals surface area contributed by atoms with Gasteiger partial charge in [0.05, 0.1) is 16.9 Å². The minimum absolute atomic E-state index is 0.114. The lowest BCUT2D eigenvalue weighted by Gasteiger charge is -2.34. The average molecular weight is 260 g/mol. The number of nitrogens with one attached hydrogen (secondary N) is 1. The Balaban J connectivity index is 2.39.